The van der Waals surface area contributed by atoms with Crippen molar-refractivity contribution in [1.82, 2.24) is 15.3 Å². The van der Waals surface area contributed by atoms with Gasteiger partial charge in [-0.15, -0.1) is 0 Å². The van der Waals surface area contributed by atoms with Crippen LogP contribution in [0.4, 0.5) is 0 Å². The summed E-state index contributed by atoms with van der Waals surface area (Å²) in [5.41, 5.74) is 1.19. The fourth-order valence-electron chi connectivity index (χ4n) is 1.87. The average molecular weight is 268 g/mol. The highest BCUT2D eigenvalue weighted by Crippen LogP contribution is 2.38. The lowest BCUT2D eigenvalue weighted by Gasteiger charge is -2.27. The van der Waals surface area contributed by atoms with E-state index in [4.69, 9.17) is 0 Å². The van der Waals surface area contributed by atoms with Gasteiger partial charge in [0.25, 0.3) is 0 Å². The van der Waals surface area contributed by atoms with E-state index < -0.39 is 0 Å². The number of nitrogens with one attached hydrogen (secondary N) is 1. The van der Waals surface area contributed by atoms with Gasteiger partial charge in [-0.3, -0.25) is 0 Å². The van der Waals surface area contributed by atoms with Gasteiger partial charge in [0.1, 0.15) is 5.82 Å². The molecule has 0 spiro atoms. The van der Waals surface area contributed by atoms with Crippen molar-refractivity contribution in [2.75, 3.05) is 13.1 Å². The van der Waals surface area contributed by atoms with Crippen molar-refractivity contribution >= 4 is 15.9 Å². The molecule has 1 aromatic heterocycles. The van der Waals surface area contributed by atoms with Gasteiger partial charge in [0, 0.05) is 12.1 Å². The van der Waals surface area contributed by atoms with Gasteiger partial charge in [0.05, 0.1) is 10.2 Å². The second-order valence-electron chi connectivity index (χ2n) is 4.53. The predicted octanol–water partition coefficient (Wildman–Crippen LogP) is 1.88. The predicted molar refractivity (Wildman–Crippen MR) is 61.8 cm³/mol. The van der Waals surface area contributed by atoms with Gasteiger partial charge < -0.3 is 5.32 Å². The first-order valence-corrected chi connectivity index (χ1v) is 6.34. The number of aromatic nitrogens is 2. The number of hydrogen-bond acceptors (Lipinski definition) is 3. The van der Waals surface area contributed by atoms with Gasteiger partial charge in [-0.1, -0.05) is 0 Å². The molecule has 2 heterocycles. The molecule has 2 aliphatic rings. The van der Waals surface area contributed by atoms with Crippen LogP contribution in [0, 0.1) is 5.92 Å². The molecule has 2 fully saturated rings. The zero-order valence-corrected chi connectivity index (χ0v) is 10.1. The van der Waals surface area contributed by atoms with Crippen LogP contribution < -0.4 is 5.32 Å². The number of nitrogens with zero attached hydrogens (tertiary/aromatic N) is 2. The van der Waals surface area contributed by atoms with Crippen molar-refractivity contribution in [3.05, 3.63) is 22.2 Å². The molecule has 15 heavy (non-hydrogen) atoms. The van der Waals surface area contributed by atoms with E-state index in [-0.39, 0.29) is 0 Å². The summed E-state index contributed by atoms with van der Waals surface area (Å²) in [6, 6.07) is 0. The highest BCUT2D eigenvalue weighted by atomic mass is 79.9. The molecule has 0 amide bonds. The van der Waals surface area contributed by atoms with Gasteiger partial charge in [0.2, 0.25) is 0 Å². The Balaban J connectivity index is 1.80. The Hall–Kier alpha value is -0.480. The Morgan fingerprint density at radius 2 is 2.20 bits per heavy atom. The molecule has 1 saturated carbocycles. The summed E-state index contributed by atoms with van der Waals surface area (Å²) in [5, 5.41) is 3.29. The van der Waals surface area contributed by atoms with Crippen LogP contribution >= 0.6 is 15.9 Å². The molecule has 0 unspecified atom stereocenters. The average Bonchev–Trinajstić information content (AvgIpc) is 2.97. The van der Waals surface area contributed by atoms with Gasteiger partial charge >= 0.3 is 0 Å². The third-order valence-corrected chi connectivity index (χ3v) is 3.79. The summed E-state index contributed by atoms with van der Waals surface area (Å²) < 4.78 is 1.07. The molecule has 1 N–H and O–H groups in total. The first-order valence-electron chi connectivity index (χ1n) is 5.55. The van der Waals surface area contributed by atoms with E-state index in [9.17, 15) is 0 Å². The molecule has 3 rings (SSSR count). The molecule has 0 aromatic carbocycles. The van der Waals surface area contributed by atoms with Gasteiger partial charge in [0.15, 0.2) is 0 Å². The molecule has 1 aliphatic carbocycles. The maximum absolute atomic E-state index is 4.67. The molecule has 1 aromatic rings. The fraction of sp³-hybridized carbons (Fsp3) is 0.636. The fourth-order valence-corrected chi connectivity index (χ4v) is 2.22. The lowest BCUT2D eigenvalue weighted by Crippen LogP contribution is -2.43. The van der Waals surface area contributed by atoms with Gasteiger partial charge in [-0.2, -0.15) is 0 Å². The molecule has 0 atom stereocenters. The Morgan fingerprint density at radius 1 is 1.40 bits per heavy atom. The minimum absolute atomic E-state index is 0.649. The molecule has 0 radical (unpaired) electrons. The highest BCUT2D eigenvalue weighted by Gasteiger charge is 2.27. The maximum atomic E-state index is 4.67. The van der Waals surface area contributed by atoms with E-state index in [0.717, 1.165) is 35.7 Å². The van der Waals surface area contributed by atoms with E-state index in [1.807, 2.05) is 6.20 Å². The lowest BCUT2D eigenvalue weighted by molar-refractivity contribution is 0.343. The van der Waals surface area contributed by atoms with E-state index in [1.54, 1.807) is 0 Å². The Labute approximate surface area is 97.8 Å². The zero-order chi connectivity index (χ0) is 10.3. The third-order valence-electron chi connectivity index (χ3n) is 3.13. The molecular weight excluding hydrogens is 254 g/mol. The summed E-state index contributed by atoms with van der Waals surface area (Å²) >= 11 is 3.54. The van der Waals surface area contributed by atoms with Crippen molar-refractivity contribution in [2.24, 2.45) is 5.92 Å². The number of hydrogen-bond donors (Lipinski definition) is 1. The molecular formula is C11H14BrN3. The van der Waals surface area contributed by atoms with Crippen LogP contribution in [0.5, 0.6) is 0 Å². The first-order chi connectivity index (χ1) is 7.33. The summed E-state index contributed by atoms with van der Waals surface area (Å²) in [4.78, 5) is 9.05. The van der Waals surface area contributed by atoms with Crippen LogP contribution in [-0.2, 0) is 6.42 Å². The van der Waals surface area contributed by atoms with Crippen LogP contribution in [0.2, 0.25) is 0 Å². The van der Waals surface area contributed by atoms with Crippen LogP contribution in [0.1, 0.15) is 30.3 Å². The monoisotopic (exact) mass is 267 g/mol. The number of halogens is 1. The molecule has 4 heteroatoms. The minimum Gasteiger partial charge on any atom is -0.316 e. The molecule has 0 bridgehead atoms. The molecule has 3 nitrogen and oxygen atoms in total. The van der Waals surface area contributed by atoms with Crippen LogP contribution in [0.3, 0.4) is 0 Å². The highest BCUT2D eigenvalue weighted by molar-refractivity contribution is 9.10. The Morgan fingerprint density at radius 3 is 2.80 bits per heavy atom. The van der Waals surface area contributed by atoms with Crippen LogP contribution in [0.15, 0.2) is 10.7 Å². The van der Waals surface area contributed by atoms with Gasteiger partial charge in [-0.05, 0) is 54.2 Å². The maximum Gasteiger partial charge on any atom is 0.131 e. The summed E-state index contributed by atoms with van der Waals surface area (Å²) in [6.45, 7) is 2.27. The van der Waals surface area contributed by atoms with Crippen molar-refractivity contribution in [3.8, 4) is 0 Å². The third kappa shape index (κ3) is 2.06. The molecule has 1 saturated heterocycles. The minimum atomic E-state index is 0.649. The van der Waals surface area contributed by atoms with E-state index in [0.29, 0.717) is 5.92 Å². The summed E-state index contributed by atoms with van der Waals surface area (Å²) in [6.07, 6.45) is 5.54. The van der Waals surface area contributed by atoms with Crippen molar-refractivity contribution in [1.29, 1.82) is 0 Å². The van der Waals surface area contributed by atoms with Gasteiger partial charge in [-0.25, -0.2) is 9.97 Å². The molecule has 80 valence electrons. The molecule has 1 aliphatic heterocycles. The van der Waals surface area contributed by atoms with Crippen LogP contribution in [-0.4, -0.2) is 23.1 Å². The second kappa shape index (κ2) is 3.83. The van der Waals surface area contributed by atoms with Crippen molar-refractivity contribution in [2.45, 2.75) is 25.2 Å². The summed E-state index contributed by atoms with van der Waals surface area (Å²) in [5.74, 6) is 2.47. The number of rotatable bonds is 3. The van der Waals surface area contributed by atoms with E-state index in [1.165, 1.54) is 18.5 Å². The summed E-state index contributed by atoms with van der Waals surface area (Å²) in [7, 11) is 0. The van der Waals surface area contributed by atoms with Crippen LogP contribution in [0.25, 0.3) is 0 Å². The van der Waals surface area contributed by atoms with E-state index in [2.05, 4.69) is 31.2 Å². The second-order valence-corrected chi connectivity index (χ2v) is 5.38. The van der Waals surface area contributed by atoms with E-state index >= 15 is 0 Å². The topological polar surface area (TPSA) is 37.8 Å². The SMILES string of the molecule is Brc1cnc(C2CC2)nc1CC1CNC1. The smallest absolute Gasteiger partial charge is 0.131 e. The zero-order valence-electron chi connectivity index (χ0n) is 8.54. The Kier molecular flexibility index (Phi) is 2.48. The van der Waals surface area contributed by atoms with Crippen molar-refractivity contribution < 1.29 is 0 Å². The standard InChI is InChI=1S/C11H14BrN3/c12-9-6-14-11(8-1-2-8)15-10(9)3-7-4-13-5-7/h6-8,13H,1-5H2. The van der Waals surface area contributed by atoms with Crippen molar-refractivity contribution in [3.63, 3.8) is 0 Å². The first kappa shape index (κ1) is 9.73. The quantitative estimate of drug-likeness (QED) is 0.909. The normalized spacial score (nSPS) is 21.4. The Bertz CT molecular complexity index is 372. The largest absolute Gasteiger partial charge is 0.316 e. The lowest BCUT2D eigenvalue weighted by atomic mass is 9.97.